The number of nitrogens with two attached hydrogens (primary N) is 1. The maximum Gasteiger partial charge on any atom is 0.274 e. The second-order valence-electron chi connectivity index (χ2n) is 3.76. The standard InChI is InChI=1S/C12H16N2OS/c1-2-3-4-7-15-12-14-10-6-5-9(13)8-11(10)16-12/h5-6,8H,2-4,7,13H2,1H3. The average molecular weight is 236 g/mol. The van der Waals surface area contributed by atoms with Crippen LogP contribution >= 0.6 is 11.3 Å². The molecule has 0 aliphatic rings. The van der Waals surface area contributed by atoms with E-state index in [1.807, 2.05) is 18.2 Å². The van der Waals surface area contributed by atoms with Crippen LogP contribution in [0.5, 0.6) is 5.19 Å². The smallest absolute Gasteiger partial charge is 0.274 e. The Labute approximate surface area is 99.3 Å². The fourth-order valence-electron chi connectivity index (χ4n) is 1.49. The van der Waals surface area contributed by atoms with Crippen LogP contribution in [0.3, 0.4) is 0 Å². The van der Waals surface area contributed by atoms with Gasteiger partial charge < -0.3 is 10.5 Å². The molecule has 2 rings (SSSR count). The molecule has 86 valence electrons. The highest BCUT2D eigenvalue weighted by molar-refractivity contribution is 7.20. The molecule has 16 heavy (non-hydrogen) atoms. The first-order valence-corrected chi connectivity index (χ1v) is 6.40. The van der Waals surface area contributed by atoms with Gasteiger partial charge in [-0.15, -0.1) is 0 Å². The Bertz CT molecular complexity index is 467. The van der Waals surface area contributed by atoms with Gasteiger partial charge in [-0.3, -0.25) is 0 Å². The second kappa shape index (κ2) is 5.16. The highest BCUT2D eigenvalue weighted by atomic mass is 32.1. The van der Waals surface area contributed by atoms with Crippen molar-refractivity contribution in [2.75, 3.05) is 12.3 Å². The number of anilines is 1. The highest BCUT2D eigenvalue weighted by Crippen LogP contribution is 2.29. The van der Waals surface area contributed by atoms with Crippen molar-refractivity contribution in [1.29, 1.82) is 0 Å². The minimum Gasteiger partial charge on any atom is -0.470 e. The topological polar surface area (TPSA) is 48.1 Å². The summed E-state index contributed by atoms with van der Waals surface area (Å²) in [5.74, 6) is 0. The number of hydrogen-bond acceptors (Lipinski definition) is 4. The molecule has 0 bridgehead atoms. The van der Waals surface area contributed by atoms with Crippen molar-refractivity contribution in [1.82, 2.24) is 4.98 Å². The lowest BCUT2D eigenvalue weighted by Gasteiger charge is -1.99. The number of nitrogen functional groups attached to an aromatic ring is 1. The third-order valence-corrected chi connectivity index (χ3v) is 3.30. The summed E-state index contributed by atoms with van der Waals surface area (Å²) >= 11 is 1.56. The first kappa shape index (κ1) is 11.2. The molecule has 0 amide bonds. The van der Waals surface area contributed by atoms with Gasteiger partial charge in [-0.25, -0.2) is 4.98 Å². The normalized spacial score (nSPS) is 10.8. The van der Waals surface area contributed by atoms with Crippen molar-refractivity contribution >= 4 is 27.2 Å². The summed E-state index contributed by atoms with van der Waals surface area (Å²) < 4.78 is 6.69. The summed E-state index contributed by atoms with van der Waals surface area (Å²) in [6.45, 7) is 2.93. The lowest BCUT2D eigenvalue weighted by atomic mass is 10.3. The molecule has 1 heterocycles. The third-order valence-electron chi connectivity index (χ3n) is 2.37. The molecule has 2 aromatic rings. The molecule has 4 heteroatoms. The molecule has 1 aromatic carbocycles. The van der Waals surface area contributed by atoms with Crippen LogP contribution in [0.2, 0.25) is 0 Å². The van der Waals surface area contributed by atoms with Crippen molar-refractivity contribution in [2.45, 2.75) is 26.2 Å². The lowest BCUT2D eigenvalue weighted by molar-refractivity contribution is 0.305. The molecular weight excluding hydrogens is 220 g/mol. The summed E-state index contributed by atoms with van der Waals surface area (Å²) in [4.78, 5) is 4.39. The number of thiazole rings is 1. The Balaban J connectivity index is 2.02. The fraction of sp³-hybridized carbons (Fsp3) is 0.417. The van der Waals surface area contributed by atoms with Gasteiger partial charge in [-0.1, -0.05) is 31.1 Å². The summed E-state index contributed by atoms with van der Waals surface area (Å²) in [5, 5.41) is 0.747. The van der Waals surface area contributed by atoms with Crippen LogP contribution in [0.15, 0.2) is 18.2 Å². The van der Waals surface area contributed by atoms with Crippen LogP contribution in [-0.4, -0.2) is 11.6 Å². The maximum atomic E-state index is 5.71. The van der Waals surface area contributed by atoms with E-state index in [4.69, 9.17) is 10.5 Å². The van der Waals surface area contributed by atoms with Crippen LogP contribution in [0, 0.1) is 0 Å². The van der Waals surface area contributed by atoms with Gasteiger partial charge in [0.15, 0.2) is 0 Å². The van der Waals surface area contributed by atoms with Gasteiger partial charge in [-0.2, -0.15) is 0 Å². The van der Waals surface area contributed by atoms with Gasteiger partial charge in [0, 0.05) is 5.69 Å². The minimum absolute atomic E-state index is 0.747. The summed E-state index contributed by atoms with van der Waals surface area (Å²) in [5.41, 5.74) is 7.45. The van der Waals surface area contributed by atoms with Gasteiger partial charge in [0.2, 0.25) is 0 Å². The summed E-state index contributed by atoms with van der Waals surface area (Å²) in [7, 11) is 0. The molecule has 0 atom stereocenters. The number of benzene rings is 1. The molecular formula is C12H16N2OS. The summed E-state index contributed by atoms with van der Waals surface area (Å²) in [6, 6.07) is 5.73. The molecule has 0 saturated heterocycles. The molecule has 0 saturated carbocycles. The van der Waals surface area contributed by atoms with Gasteiger partial charge in [0.1, 0.15) is 0 Å². The number of unbranched alkanes of at least 4 members (excludes halogenated alkanes) is 2. The maximum absolute atomic E-state index is 5.71. The first-order valence-electron chi connectivity index (χ1n) is 5.58. The van der Waals surface area contributed by atoms with E-state index in [1.54, 1.807) is 11.3 Å². The molecule has 0 radical (unpaired) electrons. The number of rotatable bonds is 5. The number of ether oxygens (including phenoxy) is 1. The van der Waals surface area contributed by atoms with Crippen LogP contribution in [0.25, 0.3) is 10.2 Å². The quantitative estimate of drug-likeness (QED) is 0.639. The van der Waals surface area contributed by atoms with Crippen LogP contribution in [-0.2, 0) is 0 Å². The van der Waals surface area contributed by atoms with Crippen LogP contribution in [0.4, 0.5) is 5.69 Å². The Morgan fingerprint density at radius 3 is 3.06 bits per heavy atom. The Morgan fingerprint density at radius 2 is 2.25 bits per heavy atom. The fourth-order valence-corrected chi connectivity index (χ4v) is 2.38. The zero-order valence-electron chi connectivity index (χ0n) is 9.40. The van der Waals surface area contributed by atoms with E-state index in [2.05, 4.69) is 11.9 Å². The number of hydrogen-bond donors (Lipinski definition) is 1. The average Bonchev–Trinajstić information content (AvgIpc) is 2.66. The van der Waals surface area contributed by atoms with E-state index in [1.165, 1.54) is 12.8 Å². The van der Waals surface area contributed by atoms with Crippen LogP contribution < -0.4 is 10.5 Å². The Kier molecular flexibility index (Phi) is 3.62. The molecule has 0 fully saturated rings. The Hall–Kier alpha value is -1.29. The second-order valence-corrected chi connectivity index (χ2v) is 4.76. The zero-order valence-corrected chi connectivity index (χ0v) is 10.2. The predicted molar refractivity (Wildman–Crippen MR) is 69.1 cm³/mol. The molecule has 3 nitrogen and oxygen atoms in total. The van der Waals surface area contributed by atoms with Gasteiger partial charge in [0.25, 0.3) is 5.19 Å². The number of fused-ring (bicyclic) bond motifs is 1. The third kappa shape index (κ3) is 2.64. The van der Waals surface area contributed by atoms with Crippen molar-refractivity contribution in [2.24, 2.45) is 0 Å². The van der Waals surface area contributed by atoms with Crippen molar-refractivity contribution in [3.63, 3.8) is 0 Å². The van der Waals surface area contributed by atoms with Gasteiger partial charge in [-0.05, 0) is 24.6 Å². The predicted octanol–water partition coefficient (Wildman–Crippen LogP) is 3.45. The summed E-state index contributed by atoms with van der Waals surface area (Å²) in [6.07, 6.45) is 3.51. The lowest BCUT2D eigenvalue weighted by Crippen LogP contribution is -1.95. The van der Waals surface area contributed by atoms with E-state index >= 15 is 0 Å². The van der Waals surface area contributed by atoms with E-state index < -0.39 is 0 Å². The molecule has 0 aliphatic carbocycles. The molecule has 2 N–H and O–H groups in total. The number of nitrogens with zero attached hydrogens (tertiary/aromatic N) is 1. The molecule has 0 aliphatic heterocycles. The largest absolute Gasteiger partial charge is 0.470 e. The van der Waals surface area contributed by atoms with Crippen molar-refractivity contribution < 1.29 is 4.74 Å². The van der Waals surface area contributed by atoms with Crippen molar-refractivity contribution in [3.8, 4) is 5.19 Å². The van der Waals surface area contributed by atoms with Crippen molar-refractivity contribution in [3.05, 3.63) is 18.2 Å². The zero-order chi connectivity index (χ0) is 11.4. The van der Waals surface area contributed by atoms with E-state index in [9.17, 15) is 0 Å². The van der Waals surface area contributed by atoms with Gasteiger partial charge >= 0.3 is 0 Å². The Morgan fingerprint density at radius 1 is 1.38 bits per heavy atom. The minimum atomic E-state index is 0.747. The molecule has 0 spiro atoms. The van der Waals surface area contributed by atoms with E-state index in [0.717, 1.165) is 34.1 Å². The molecule has 0 unspecified atom stereocenters. The van der Waals surface area contributed by atoms with Gasteiger partial charge in [0.05, 0.1) is 16.8 Å². The SMILES string of the molecule is CCCCCOc1nc2ccc(N)cc2s1. The highest BCUT2D eigenvalue weighted by Gasteiger charge is 2.04. The van der Waals surface area contributed by atoms with Crippen LogP contribution in [0.1, 0.15) is 26.2 Å². The monoisotopic (exact) mass is 236 g/mol. The van der Waals surface area contributed by atoms with E-state index in [-0.39, 0.29) is 0 Å². The molecule has 1 aromatic heterocycles. The number of aromatic nitrogens is 1. The van der Waals surface area contributed by atoms with E-state index in [0.29, 0.717) is 0 Å². The first-order chi connectivity index (χ1) is 7.79.